The monoisotopic (exact) mass is 585 g/mol. The van der Waals surface area contributed by atoms with E-state index in [1.54, 1.807) is 0 Å². The Hall–Kier alpha value is -3.79. The van der Waals surface area contributed by atoms with E-state index in [0.29, 0.717) is 0 Å². The number of rotatable bonds is 12. The highest BCUT2D eigenvalue weighted by Crippen LogP contribution is 2.22. The quantitative estimate of drug-likeness (QED) is 0.322. The van der Waals surface area contributed by atoms with Gasteiger partial charge in [0.2, 0.25) is 21.8 Å². The lowest BCUT2D eigenvalue weighted by Gasteiger charge is -2.34. The molecule has 3 aromatic rings. The molecule has 0 unspecified atom stereocenters. The molecule has 0 heterocycles. The standard InChI is InChI=1S/C31H37F2N3O4S/c1-31(2,3)34-30(38)28(20-23-12-7-5-8-13-23)35(22-24-14-9-6-10-15-24)29(37)16-11-19-36(41(4,39)40)25-17-18-26(32)27(33)21-25/h5-10,12-15,17-18,21,28H,11,16,19-20,22H2,1-4H3,(H,34,38)/t28-/m0/s1. The van der Waals surface area contributed by atoms with E-state index < -0.39 is 33.2 Å². The summed E-state index contributed by atoms with van der Waals surface area (Å²) in [7, 11) is -3.85. The Kier molecular flexibility index (Phi) is 10.6. The van der Waals surface area contributed by atoms with E-state index in [-0.39, 0.29) is 49.9 Å². The van der Waals surface area contributed by atoms with Gasteiger partial charge in [0, 0.05) is 37.5 Å². The van der Waals surface area contributed by atoms with E-state index in [1.807, 2.05) is 81.4 Å². The minimum absolute atomic E-state index is 0.0356. The van der Waals surface area contributed by atoms with Gasteiger partial charge in [0.05, 0.1) is 11.9 Å². The first kappa shape index (κ1) is 31.7. The van der Waals surface area contributed by atoms with Crippen molar-refractivity contribution >= 4 is 27.5 Å². The normalized spacial score (nSPS) is 12.4. The number of nitrogens with zero attached hydrogens (tertiary/aromatic N) is 2. The first-order valence-corrected chi connectivity index (χ1v) is 15.2. The summed E-state index contributed by atoms with van der Waals surface area (Å²) in [4.78, 5) is 28.9. The second kappa shape index (κ2) is 13.7. The predicted octanol–water partition coefficient (Wildman–Crippen LogP) is 5.07. The summed E-state index contributed by atoms with van der Waals surface area (Å²) in [6, 6.07) is 20.7. The summed E-state index contributed by atoms with van der Waals surface area (Å²) in [6.45, 7) is 5.64. The second-order valence-corrected chi connectivity index (χ2v) is 12.9. The molecule has 3 rings (SSSR count). The fourth-order valence-corrected chi connectivity index (χ4v) is 5.39. The van der Waals surface area contributed by atoms with Crippen molar-refractivity contribution in [2.75, 3.05) is 17.1 Å². The van der Waals surface area contributed by atoms with Crippen molar-refractivity contribution in [3.05, 3.63) is 102 Å². The third kappa shape index (κ3) is 9.67. The third-order valence-electron chi connectivity index (χ3n) is 6.31. The zero-order valence-electron chi connectivity index (χ0n) is 23.8. The van der Waals surface area contributed by atoms with Gasteiger partial charge in [-0.3, -0.25) is 13.9 Å². The van der Waals surface area contributed by atoms with Crippen molar-refractivity contribution in [1.82, 2.24) is 10.2 Å². The number of halogens is 2. The van der Waals surface area contributed by atoms with Crippen LogP contribution < -0.4 is 9.62 Å². The number of anilines is 1. The van der Waals surface area contributed by atoms with Crippen LogP contribution in [-0.2, 0) is 32.6 Å². The number of amides is 2. The van der Waals surface area contributed by atoms with Gasteiger partial charge in [0.1, 0.15) is 6.04 Å². The Morgan fingerprint density at radius 3 is 2.00 bits per heavy atom. The summed E-state index contributed by atoms with van der Waals surface area (Å²) in [6.07, 6.45) is 1.27. The summed E-state index contributed by atoms with van der Waals surface area (Å²) in [5, 5.41) is 3.00. The van der Waals surface area contributed by atoms with E-state index in [2.05, 4.69) is 5.32 Å². The molecule has 2 amide bonds. The van der Waals surface area contributed by atoms with Crippen LogP contribution in [0.15, 0.2) is 78.9 Å². The summed E-state index contributed by atoms with van der Waals surface area (Å²) < 4.78 is 53.2. The highest BCUT2D eigenvalue weighted by atomic mass is 32.2. The van der Waals surface area contributed by atoms with E-state index in [4.69, 9.17) is 0 Å². The molecule has 1 atom stereocenters. The predicted molar refractivity (Wildman–Crippen MR) is 157 cm³/mol. The fraction of sp³-hybridized carbons (Fsp3) is 0.355. The highest BCUT2D eigenvalue weighted by molar-refractivity contribution is 7.92. The molecular weight excluding hydrogens is 548 g/mol. The average molecular weight is 586 g/mol. The number of benzene rings is 3. The van der Waals surface area contributed by atoms with Crippen molar-refractivity contribution in [3.63, 3.8) is 0 Å². The molecule has 0 saturated carbocycles. The molecule has 0 bridgehead atoms. The smallest absolute Gasteiger partial charge is 0.243 e. The minimum atomic E-state index is -3.85. The molecule has 0 radical (unpaired) electrons. The van der Waals surface area contributed by atoms with Gasteiger partial charge in [-0.2, -0.15) is 0 Å². The molecule has 3 aromatic carbocycles. The van der Waals surface area contributed by atoms with Gasteiger partial charge in [-0.15, -0.1) is 0 Å². The van der Waals surface area contributed by atoms with Gasteiger partial charge in [-0.1, -0.05) is 60.7 Å². The molecule has 0 aliphatic heterocycles. The van der Waals surface area contributed by atoms with Crippen LogP contribution >= 0.6 is 0 Å². The number of hydrogen-bond donors (Lipinski definition) is 1. The van der Waals surface area contributed by atoms with Gasteiger partial charge >= 0.3 is 0 Å². The SMILES string of the molecule is CC(C)(C)NC(=O)[C@H](Cc1ccccc1)N(Cc1ccccc1)C(=O)CCCN(c1ccc(F)c(F)c1)S(C)(=O)=O. The first-order chi connectivity index (χ1) is 19.2. The van der Waals surface area contributed by atoms with Gasteiger partial charge in [-0.05, 0) is 50.5 Å². The fourth-order valence-electron chi connectivity index (χ4n) is 4.43. The first-order valence-electron chi connectivity index (χ1n) is 13.4. The largest absolute Gasteiger partial charge is 0.350 e. The molecular formula is C31H37F2N3O4S. The molecule has 0 aliphatic carbocycles. The molecule has 0 fully saturated rings. The lowest BCUT2D eigenvalue weighted by Crippen LogP contribution is -2.54. The van der Waals surface area contributed by atoms with Crippen LogP contribution in [0, 0.1) is 11.6 Å². The number of carbonyl (C=O) groups excluding carboxylic acids is 2. The molecule has 1 N–H and O–H groups in total. The third-order valence-corrected chi connectivity index (χ3v) is 7.50. The zero-order chi connectivity index (χ0) is 30.2. The molecule has 0 aromatic heterocycles. The van der Waals surface area contributed by atoms with Crippen molar-refractivity contribution in [2.24, 2.45) is 0 Å². The number of nitrogens with one attached hydrogen (secondary N) is 1. The van der Waals surface area contributed by atoms with Crippen LogP contribution in [0.3, 0.4) is 0 Å². The number of carbonyl (C=O) groups is 2. The van der Waals surface area contributed by atoms with Crippen LogP contribution in [0.1, 0.15) is 44.7 Å². The summed E-state index contributed by atoms with van der Waals surface area (Å²) >= 11 is 0. The maximum atomic E-state index is 13.9. The van der Waals surface area contributed by atoms with Crippen LogP contribution in [-0.4, -0.2) is 49.5 Å². The van der Waals surface area contributed by atoms with Crippen molar-refractivity contribution < 1.29 is 26.8 Å². The maximum Gasteiger partial charge on any atom is 0.243 e. The minimum Gasteiger partial charge on any atom is -0.350 e. The Morgan fingerprint density at radius 2 is 1.46 bits per heavy atom. The van der Waals surface area contributed by atoms with E-state index in [0.717, 1.165) is 33.8 Å². The summed E-state index contributed by atoms with van der Waals surface area (Å²) in [5.74, 6) is -2.90. The van der Waals surface area contributed by atoms with Gasteiger partial charge in [-0.25, -0.2) is 17.2 Å². The second-order valence-electron chi connectivity index (χ2n) is 11.0. The van der Waals surface area contributed by atoms with E-state index in [9.17, 15) is 26.8 Å². The molecule has 7 nitrogen and oxygen atoms in total. The zero-order valence-corrected chi connectivity index (χ0v) is 24.6. The summed E-state index contributed by atoms with van der Waals surface area (Å²) in [5.41, 5.74) is 1.15. The molecule has 10 heteroatoms. The van der Waals surface area contributed by atoms with Gasteiger partial charge in [0.15, 0.2) is 11.6 Å². The Morgan fingerprint density at radius 1 is 0.878 bits per heavy atom. The van der Waals surface area contributed by atoms with E-state index >= 15 is 0 Å². The Bertz CT molecular complexity index is 1430. The molecule has 220 valence electrons. The van der Waals surface area contributed by atoms with Gasteiger partial charge in [0.25, 0.3) is 0 Å². The number of sulfonamides is 1. The molecule has 0 spiro atoms. The average Bonchev–Trinajstić information content (AvgIpc) is 2.89. The van der Waals surface area contributed by atoms with Crippen LogP contribution in [0.25, 0.3) is 0 Å². The van der Waals surface area contributed by atoms with Crippen molar-refractivity contribution in [2.45, 2.75) is 58.2 Å². The number of hydrogen-bond acceptors (Lipinski definition) is 4. The van der Waals surface area contributed by atoms with E-state index in [1.165, 1.54) is 11.0 Å². The lowest BCUT2D eigenvalue weighted by molar-refractivity contribution is -0.142. The van der Waals surface area contributed by atoms with Crippen LogP contribution in [0.2, 0.25) is 0 Å². The van der Waals surface area contributed by atoms with Crippen molar-refractivity contribution in [1.29, 1.82) is 0 Å². The van der Waals surface area contributed by atoms with Crippen LogP contribution in [0.5, 0.6) is 0 Å². The Labute approximate surface area is 241 Å². The molecule has 0 saturated heterocycles. The topological polar surface area (TPSA) is 86.8 Å². The van der Waals surface area contributed by atoms with Crippen molar-refractivity contribution in [3.8, 4) is 0 Å². The molecule has 0 aliphatic rings. The maximum absolute atomic E-state index is 13.9. The lowest BCUT2D eigenvalue weighted by atomic mass is 10.00. The van der Waals surface area contributed by atoms with Gasteiger partial charge < -0.3 is 10.2 Å². The highest BCUT2D eigenvalue weighted by Gasteiger charge is 2.32. The Balaban J connectivity index is 1.88. The van der Waals surface area contributed by atoms with Crippen LogP contribution in [0.4, 0.5) is 14.5 Å². The molecule has 41 heavy (non-hydrogen) atoms.